The van der Waals surface area contributed by atoms with Crippen LogP contribution in [0.4, 0.5) is 5.69 Å². The van der Waals surface area contributed by atoms with Gasteiger partial charge in [-0.25, -0.2) is 4.98 Å². The summed E-state index contributed by atoms with van der Waals surface area (Å²) in [4.78, 5) is 15.2. The quantitative estimate of drug-likeness (QED) is 0.832. The van der Waals surface area contributed by atoms with Gasteiger partial charge in [0.25, 0.3) is 0 Å². The summed E-state index contributed by atoms with van der Waals surface area (Å²) in [5.41, 5.74) is 0.575. The van der Waals surface area contributed by atoms with E-state index in [9.17, 15) is 4.79 Å². The van der Waals surface area contributed by atoms with Gasteiger partial charge < -0.3 is 5.32 Å². The molecular formula is C10H12Cl2N2O. The van der Waals surface area contributed by atoms with Gasteiger partial charge in [0, 0.05) is 12.1 Å². The lowest BCUT2D eigenvalue weighted by Crippen LogP contribution is -2.13. The lowest BCUT2D eigenvalue weighted by molar-refractivity contribution is -0.116. The number of carbonyl (C=O) groups is 1. The van der Waals surface area contributed by atoms with Gasteiger partial charge in [0.05, 0.1) is 0 Å². The number of hydrogen-bond donors (Lipinski definition) is 1. The molecule has 0 aliphatic carbocycles. The van der Waals surface area contributed by atoms with Gasteiger partial charge in [-0.2, -0.15) is 0 Å². The van der Waals surface area contributed by atoms with Crippen molar-refractivity contribution in [3.05, 3.63) is 22.4 Å². The average molecular weight is 247 g/mol. The number of carbonyl (C=O) groups excluding carboxylic acids is 1. The molecule has 1 aromatic rings. The maximum Gasteiger partial charge on any atom is 0.224 e. The van der Waals surface area contributed by atoms with E-state index in [4.69, 9.17) is 23.2 Å². The third-order valence-electron chi connectivity index (χ3n) is 1.64. The number of nitrogens with zero attached hydrogens (tertiary/aromatic N) is 1. The molecule has 0 aromatic carbocycles. The van der Waals surface area contributed by atoms with E-state index >= 15 is 0 Å². The molecule has 0 aliphatic rings. The molecule has 15 heavy (non-hydrogen) atoms. The molecule has 0 unspecified atom stereocenters. The Labute approximate surface area is 98.8 Å². The Balaban J connectivity index is 2.68. The molecule has 1 aromatic heterocycles. The van der Waals surface area contributed by atoms with Gasteiger partial charge in [0.1, 0.15) is 10.3 Å². The van der Waals surface area contributed by atoms with Gasteiger partial charge >= 0.3 is 0 Å². The Hall–Kier alpha value is -0.800. The highest BCUT2D eigenvalue weighted by molar-refractivity contribution is 6.32. The Morgan fingerprint density at radius 3 is 2.40 bits per heavy atom. The number of nitrogens with one attached hydrogen (secondary N) is 1. The Bertz CT molecular complexity index is 346. The standard InChI is InChI=1S/C10H12Cl2N2O/c1-6(2)3-10(15)13-7-4-8(11)14-9(12)5-7/h4-6H,3H2,1-2H3,(H,13,14,15). The van der Waals surface area contributed by atoms with Crippen LogP contribution in [0, 0.1) is 5.92 Å². The van der Waals surface area contributed by atoms with Crippen molar-refractivity contribution in [1.82, 2.24) is 4.98 Å². The summed E-state index contributed by atoms with van der Waals surface area (Å²) < 4.78 is 0. The Morgan fingerprint density at radius 2 is 1.93 bits per heavy atom. The van der Waals surface area contributed by atoms with Crippen molar-refractivity contribution >= 4 is 34.8 Å². The van der Waals surface area contributed by atoms with Gasteiger partial charge in [-0.05, 0) is 18.1 Å². The van der Waals surface area contributed by atoms with Crippen molar-refractivity contribution in [3.8, 4) is 0 Å². The first kappa shape index (κ1) is 12.3. The van der Waals surface area contributed by atoms with Crippen molar-refractivity contribution in [2.24, 2.45) is 5.92 Å². The fourth-order valence-corrected chi connectivity index (χ4v) is 1.58. The zero-order valence-electron chi connectivity index (χ0n) is 8.55. The van der Waals surface area contributed by atoms with E-state index < -0.39 is 0 Å². The number of anilines is 1. The minimum absolute atomic E-state index is 0.0525. The van der Waals surface area contributed by atoms with Gasteiger partial charge in [-0.15, -0.1) is 0 Å². The predicted molar refractivity (Wildman–Crippen MR) is 62.3 cm³/mol. The fraction of sp³-hybridized carbons (Fsp3) is 0.400. The maximum atomic E-state index is 11.4. The van der Waals surface area contributed by atoms with E-state index in [0.29, 0.717) is 18.0 Å². The van der Waals surface area contributed by atoms with E-state index in [1.807, 2.05) is 13.8 Å². The zero-order valence-corrected chi connectivity index (χ0v) is 10.1. The molecule has 1 rings (SSSR count). The number of rotatable bonds is 3. The third kappa shape index (κ3) is 4.49. The van der Waals surface area contributed by atoms with Crippen LogP contribution in [0.2, 0.25) is 10.3 Å². The minimum atomic E-state index is -0.0525. The van der Waals surface area contributed by atoms with Crippen LogP contribution in [0.3, 0.4) is 0 Å². The summed E-state index contributed by atoms with van der Waals surface area (Å²) in [6.45, 7) is 3.96. The molecule has 0 spiro atoms. The summed E-state index contributed by atoms with van der Waals surface area (Å²) in [7, 11) is 0. The topological polar surface area (TPSA) is 42.0 Å². The molecule has 5 heteroatoms. The monoisotopic (exact) mass is 246 g/mol. The Morgan fingerprint density at radius 1 is 1.40 bits per heavy atom. The summed E-state index contributed by atoms with van der Waals surface area (Å²) in [6.07, 6.45) is 0.470. The van der Waals surface area contributed by atoms with Gasteiger partial charge in [-0.1, -0.05) is 37.0 Å². The van der Waals surface area contributed by atoms with Crippen LogP contribution in [0.1, 0.15) is 20.3 Å². The van der Waals surface area contributed by atoms with Crippen molar-refractivity contribution in [3.63, 3.8) is 0 Å². The highest BCUT2D eigenvalue weighted by atomic mass is 35.5. The smallest absolute Gasteiger partial charge is 0.224 e. The highest BCUT2D eigenvalue weighted by Gasteiger charge is 2.06. The molecule has 1 heterocycles. The Kier molecular flexibility index (Phi) is 4.36. The highest BCUT2D eigenvalue weighted by Crippen LogP contribution is 2.19. The van der Waals surface area contributed by atoms with Crippen LogP contribution in [0.5, 0.6) is 0 Å². The first-order chi connectivity index (χ1) is 6.97. The van der Waals surface area contributed by atoms with Crippen molar-refractivity contribution < 1.29 is 4.79 Å². The summed E-state index contributed by atoms with van der Waals surface area (Å²) in [5, 5.41) is 3.24. The molecule has 3 nitrogen and oxygen atoms in total. The second-order valence-electron chi connectivity index (χ2n) is 3.65. The third-order valence-corrected chi connectivity index (χ3v) is 2.03. The van der Waals surface area contributed by atoms with Crippen LogP contribution in [0.25, 0.3) is 0 Å². The van der Waals surface area contributed by atoms with E-state index in [-0.39, 0.29) is 16.2 Å². The van der Waals surface area contributed by atoms with E-state index in [2.05, 4.69) is 10.3 Å². The van der Waals surface area contributed by atoms with Crippen molar-refractivity contribution in [2.45, 2.75) is 20.3 Å². The fourth-order valence-electron chi connectivity index (χ4n) is 1.12. The van der Waals surface area contributed by atoms with Crippen LogP contribution in [0.15, 0.2) is 12.1 Å². The van der Waals surface area contributed by atoms with Crippen LogP contribution in [-0.2, 0) is 4.79 Å². The molecule has 1 amide bonds. The molecule has 82 valence electrons. The van der Waals surface area contributed by atoms with Gasteiger partial charge in [0.2, 0.25) is 5.91 Å². The second-order valence-corrected chi connectivity index (χ2v) is 4.42. The molecule has 0 saturated heterocycles. The number of amides is 1. The predicted octanol–water partition coefficient (Wildman–Crippen LogP) is 3.37. The molecule has 0 radical (unpaired) electrons. The molecule has 0 bridgehead atoms. The largest absolute Gasteiger partial charge is 0.326 e. The molecule has 0 saturated carbocycles. The maximum absolute atomic E-state index is 11.4. The normalized spacial score (nSPS) is 10.5. The number of aromatic nitrogens is 1. The summed E-state index contributed by atoms with van der Waals surface area (Å²) in [6, 6.07) is 3.12. The van der Waals surface area contributed by atoms with Crippen LogP contribution < -0.4 is 5.32 Å². The summed E-state index contributed by atoms with van der Waals surface area (Å²) >= 11 is 11.4. The molecule has 0 aliphatic heterocycles. The number of pyridine rings is 1. The van der Waals surface area contributed by atoms with E-state index in [1.54, 1.807) is 12.1 Å². The summed E-state index contributed by atoms with van der Waals surface area (Å²) in [5.74, 6) is 0.265. The van der Waals surface area contributed by atoms with Crippen molar-refractivity contribution in [2.75, 3.05) is 5.32 Å². The SMILES string of the molecule is CC(C)CC(=O)Nc1cc(Cl)nc(Cl)c1. The van der Waals surface area contributed by atoms with Crippen LogP contribution >= 0.6 is 23.2 Å². The first-order valence-electron chi connectivity index (χ1n) is 4.60. The van der Waals surface area contributed by atoms with Gasteiger partial charge in [0.15, 0.2) is 0 Å². The number of halogens is 2. The second kappa shape index (κ2) is 5.33. The first-order valence-corrected chi connectivity index (χ1v) is 5.36. The van der Waals surface area contributed by atoms with Crippen LogP contribution in [-0.4, -0.2) is 10.9 Å². The average Bonchev–Trinajstić information content (AvgIpc) is 1.98. The molecule has 0 fully saturated rings. The zero-order chi connectivity index (χ0) is 11.4. The van der Waals surface area contributed by atoms with E-state index in [0.717, 1.165) is 0 Å². The molecule has 1 N–H and O–H groups in total. The lowest BCUT2D eigenvalue weighted by atomic mass is 10.1. The van der Waals surface area contributed by atoms with Crippen molar-refractivity contribution in [1.29, 1.82) is 0 Å². The molecule has 0 atom stereocenters. The van der Waals surface area contributed by atoms with Gasteiger partial charge in [-0.3, -0.25) is 4.79 Å². The van der Waals surface area contributed by atoms with E-state index in [1.165, 1.54) is 0 Å². The minimum Gasteiger partial charge on any atom is -0.326 e. The lowest BCUT2D eigenvalue weighted by Gasteiger charge is -2.07. The molecular weight excluding hydrogens is 235 g/mol. The number of hydrogen-bond acceptors (Lipinski definition) is 2.